The van der Waals surface area contributed by atoms with Crippen molar-refractivity contribution in [3.63, 3.8) is 0 Å². The molecule has 1 fully saturated rings. The predicted octanol–water partition coefficient (Wildman–Crippen LogP) is 7.66. The first-order chi connectivity index (χ1) is 32.1. The van der Waals surface area contributed by atoms with Gasteiger partial charge in [0.2, 0.25) is 17.1 Å². The number of aliphatic imine (C=N–C) groups is 1. The molecule has 67 heavy (non-hydrogen) atoms. The summed E-state index contributed by atoms with van der Waals surface area (Å²) < 4.78 is 50.0. The van der Waals surface area contributed by atoms with Crippen molar-refractivity contribution in [1.29, 1.82) is 10.9 Å². The number of guanidine groups is 2. The van der Waals surface area contributed by atoms with Crippen molar-refractivity contribution in [2.75, 3.05) is 104 Å². The number of nitrogens with one attached hydrogen (secondary N) is 6. The number of hydrogen-bond donors (Lipinski definition) is 7. The summed E-state index contributed by atoms with van der Waals surface area (Å²) in [5.41, 5.74) is 10.5. The molecule has 22 nitrogen and oxygen atoms in total. The normalized spacial score (nSPS) is 13.2. The Balaban J connectivity index is 1.54. The molecule has 1 aliphatic heterocycles. The van der Waals surface area contributed by atoms with Crippen molar-refractivity contribution >= 4 is 102 Å². The van der Waals surface area contributed by atoms with Crippen molar-refractivity contribution in [2.45, 2.75) is 39.5 Å². The summed E-state index contributed by atoms with van der Waals surface area (Å²) >= 11 is 1.07. The minimum absolute atomic E-state index is 0.0412. The number of thiazole rings is 1. The zero-order valence-corrected chi connectivity index (χ0v) is 40.2. The molecule has 1 saturated heterocycles. The number of azo groups is 1. The molecule has 358 valence electrons. The first kappa shape index (κ1) is 51.0. The molecule has 3 aromatic carbocycles. The van der Waals surface area contributed by atoms with Crippen LogP contribution in [0.3, 0.4) is 0 Å². The Morgan fingerprint density at radius 3 is 2.04 bits per heavy atom. The van der Waals surface area contributed by atoms with E-state index in [4.69, 9.17) is 30.1 Å². The Morgan fingerprint density at radius 2 is 1.51 bits per heavy atom. The highest BCUT2D eigenvalue weighted by Gasteiger charge is 2.24. The topological polar surface area (TPSA) is 284 Å². The molecular formula is C43H56N14O8S2. The van der Waals surface area contributed by atoms with Crippen molar-refractivity contribution in [1.82, 2.24) is 10.3 Å². The molecule has 1 aliphatic rings. The van der Waals surface area contributed by atoms with Crippen LogP contribution < -0.4 is 45.4 Å². The van der Waals surface area contributed by atoms with Gasteiger partial charge in [-0.25, -0.2) is 5.53 Å². The quantitative estimate of drug-likeness (QED) is 0.00903. The fraction of sp³-hybridized carbons (Fsp3) is 0.372. The number of anilines is 6. The number of rotatable bonds is 19. The fourth-order valence-electron chi connectivity index (χ4n) is 6.92. The molecule has 5 rings (SSSR count). The molecule has 0 aliphatic carbocycles. The van der Waals surface area contributed by atoms with Crippen LogP contribution in [-0.4, -0.2) is 115 Å². The number of nitrogens with zero attached hydrogens (tertiary/aromatic N) is 8. The first-order valence-electron chi connectivity index (χ1n) is 21.2. The first-order valence-corrected chi connectivity index (χ1v) is 23.4. The largest absolute Gasteiger partial charge is 0.494 e. The van der Waals surface area contributed by atoms with Gasteiger partial charge in [0.25, 0.3) is 16.0 Å². The van der Waals surface area contributed by atoms with Crippen molar-refractivity contribution < 1.29 is 36.8 Å². The SMILES string of the molecule is CCN(CC)c1cc(N/C(=N/C(=N)Nc2cc(N(CC)CC)c(OC)cc2/N=N/c2nc(N3CCOCC3)c(/C=C(\C(C)=O)C(=O)Nc3cccc(S(=O)(=O)O)c3)s2)NC)c(N=N)cc1OC. The monoisotopic (exact) mass is 960 g/mol. The van der Waals surface area contributed by atoms with Gasteiger partial charge in [-0.3, -0.25) is 19.6 Å². The molecule has 2 heterocycles. The second kappa shape index (κ2) is 23.4. The second-order valence-electron chi connectivity index (χ2n) is 14.4. The van der Waals surface area contributed by atoms with Gasteiger partial charge >= 0.3 is 0 Å². The molecule has 4 aromatic rings. The van der Waals surface area contributed by atoms with Crippen LogP contribution in [0.5, 0.6) is 11.5 Å². The van der Waals surface area contributed by atoms with E-state index in [2.05, 4.69) is 51.4 Å². The number of ether oxygens (including phenoxy) is 3. The molecule has 0 unspecified atom stereocenters. The molecule has 0 atom stereocenters. The molecule has 0 radical (unpaired) electrons. The molecule has 1 aromatic heterocycles. The number of carbonyl (C=O) groups is 2. The number of amides is 1. The van der Waals surface area contributed by atoms with Crippen molar-refractivity contribution in [3.8, 4) is 11.5 Å². The summed E-state index contributed by atoms with van der Waals surface area (Å²) in [4.78, 5) is 41.9. The lowest BCUT2D eigenvalue weighted by atomic mass is 10.1. The maximum absolute atomic E-state index is 13.5. The average molecular weight is 961 g/mol. The Labute approximate surface area is 393 Å². The summed E-state index contributed by atoms with van der Waals surface area (Å²) in [6, 6.07) is 11.9. The highest BCUT2D eigenvalue weighted by Crippen LogP contribution is 2.42. The number of carbonyl (C=O) groups excluding carboxylic acids is 2. The van der Waals surface area contributed by atoms with Gasteiger partial charge in [0, 0.05) is 64.1 Å². The number of benzene rings is 3. The number of ketones is 1. The van der Waals surface area contributed by atoms with E-state index in [1.807, 2.05) is 38.7 Å². The van der Waals surface area contributed by atoms with Gasteiger partial charge in [-0.1, -0.05) is 17.4 Å². The summed E-state index contributed by atoms with van der Waals surface area (Å²) in [5.74, 6) is -0.0419. The highest BCUT2D eigenvalue weighted by atomic mass is 32.2. The maximum Gasteiger partial charge on any atom is 0.294 e. The molecule has 0 spiro atoms. The Hall–Kier alpha value is -7.02. The molecule has 24 heteroatoms. The lowest BCUT2D eigenvalue weighted by molar-refractivity contribution is -0.118. The van der Waals surface area contributed by atoms with Gasteiger partial charge in [-0.2, -0.15) is 23.5 Å². The summed E-state index contributed by atoms with van der Waals surface area (Å²) in [6.07, 6.45) is 1.39. The Bertz CT molecular complexity index is 2660. The third kappa shape index (κ3) is 12.9. The van der Waals surface area contributed by atoms with Crippen LogP contribution in [0.2, 0.25) is 0 Å². The third-order valence-corrected chi connectivity index (χ3v) is 12.1. The standard InChI is InChI=1S/C43H56N14O8S2/c1-9-55(10-2)34-22-30(32(52-45)24-36(34)63-7)49-42(46-6)51-41(44)48-31-23-35(56(11-3)12-4)37(64-8)25-33(31)53-54-43-50-39(57-16-18-65-19-17-57)38(66-43)21-29(26(5)58)40(59)47-27-14-13-15-28(20-27)67(60,61)62/h13-15,20-25,45H,9-12,16-19H2,1-8H3,(H,47,59)(H,60,61,62)(H4,44,46,48,49,51)/b29-21+,52-45?,54-53+. The van der Waals surface area contributed by atoms with E-state index < -0.39 is 26.7 Å². The minimum Gasteiger partial charge on any atom is -0.494 e. The molecule has 0 bridgehead atoms. The van der Waals surface area contributed by atoms with Crippen LogP contribution in [0.15, 0.2) is 79.3 Å². The molecular weight excluding hydrogens is 905 g/mol. The van der Waals surface area contributed by atoms with E-state index in [-0.39, 0.29) is 34.0 Å². The van der Waals surface area contributed by atoms with E-state index in [0.29, 0.717) is 91.7 Å². The Morgan fingerprint density at radius 1 is 0.910 bits per heavy atom. The fourth-order valence-corrected chi connectivity index (χ4v) is 8.30. The van der Waals surface area contributed by atoms with Gasteiger partial charge < -0.3 is 50.2 Å². The third-order valence-electron chi connectivity index (χ3n) is 10.4. The van der Waals surface area contributed by atoms with E-state index in [0.717, 1.165) is 28.8 Å². The van der Waals surface area contributed by atoms with E-state index >= 15 is 0 Å². The predicted molar refractivity (Wildman–Crippen MR) is 262 cm³/mol. The zero-order valence-electron chi connectivity index (χ0n) is 38.6. The van der Waals surface area contributed by atoms with Crippen LogP contribution in [0.25, 0.3) is 6.08 Å². The number of Topliss-reactive ketones (excluding diaryl/α,β-unsaturated/α-hetero) is 1. The van der Waals surface area contributed by atoms with E-state index in [1.165, 1.54) is 38.3 Å². The van der Waals surface area contributed by atoms with Crippen molar-refractivity contribution in [3.05, 3.63) is 59.0 Å². The van der Waals surface area contributed by atoms with Crippen molar-refractivity contribution in [2.24, 2.45) is 20.3 Å². The lowest BCUT2D eigenvalue weighted by Gasteiger charge is -2.27. The van der Waals surface area contributed by atoms with E-state index in [9.17, 15) is 22.6 Å². The summed E-state index contributed by atoms with van der Waals surface area (Å²) in [5, 5.41) is 33.7. The molecule has 7 N–H and O–H groups in total. The molecule has 1 amide bonds. The lowest BCUT2D eigenvalue weighted by Crippen LogP contribution is -2.36. The highest BCUT2D eigenvalue weighted by molar-refractivity contribution is 7.85. The van der Waals surface area contributed by atoms with Crippen LogP contribution in [0, 0.1) is 10.9 Å². The minimum atomic E-state index is -4.56. The second-order valence-corrected chi connectivity index (χ2v) is 16.8. The van der Waals surface area contributed by atoms with Crippen LogP contribution in [-0.2, 0) is 24.4 Å². The number of methoxy groups -OCH3 is 2. The van der Waals surface area contributed by atoms with Crippen LogP contribution >= 0.6 is 11.3 Å². The Kier molecular flexibility index (Phi) is 17.8. The zero-order chi connectivity index (χ0) is 48.8. The number of hydrogen-bond acceptors (Lipinski definition) is 17. The molecule has 0 saturated carbocycles. The maximum atomic E-state index is 13.5. The van der Waals surface area contributed by atoms with E-state index in [1.54, 1.807) is 32.4 Å². The average Bonchev–Trinajstić information content (AvgIpc) is 3.73. The summed E-state index contributed by atoms with van der Waals surface area (Å²) in [6.45, 7) is 13.7. The van der Waals surface area contributed by atoms with Gasteiger partial charge in [0.05, 0.1) is 65.5 Å². The number of morpholine rings is 1. The van der Waals surface area contributed by atoms with Gasteiger partial charge in [0.15, 0.2) is 5.78 Å². The van der Waals surface area contributed by atoms with Crippen LogP contribution in [0.1, 0.15) is 39.5 Å². The smallest absolute Gasteiger partial charge is 0.294 e. The number of aromatic nitrogens is 1. The summed E-state index contributed by atoms with van der Waals surface area (Å²) in [7, 11) is 0.176. The van der Waals surface area contributed by atoms with Gasteiger partial charge in [0.1, 0.15) is 28.7 Å². The van der Waals surface area contributed by atoms with Gasteiger partial charge in [-0.05, 0) is 71.0 Å². The van der Waals surface area contributed by atoms with Crippen LogP contribution in [0.4, 0.5) is 50.8 Å². The van der Waals surface area contributed by atoms with Gasteiger partial charge in [-0.15, -0.1) is 10.2 Å².